The average molecular weight is 352 g/mol. The highest BCUT2D eigenvalue weighted by molar-refractivity contribution is 6.44. The Labute approximate surface area is 148 Å². The minimum Gasteiger partial charge on any atom is -0.359 e. The molecule has 9 nitrogen and oxygen atoms in total. The van der Waals surface area contributed by atoms with Crippen molar-refractivity contribution >= 4 is 23.2 Å². The molecule has 0 unspecified atom stereocenters. The van der Waals surface area contributed by atoms with E-state index in [2.05, 4.69) is 31.0 Å². The van der Waals surface area contributed by atoms with Crippen molar-refractivity contribution in [1.29, 1.82) is 0 Å². The molecule has 3 aromatic heterocycles. The van der Waals surface area contributed by atoms with Gasteiger partial charge in [0.15, 0.2) is 5.76 Å². The summed E-state index contributed by atoms with van der Waals surface area (Å²) in [5.74, 6) is -0.724. The standard InChI is InChI=1S/C17H16N6O3/c1-9-13(15(26-23-9)10-5-6-10)21-17(25)16(24)20-12-8-19-22-14(12)11-4-2-3-7-18-11/h2-4,7-8,10H,5-6H2,1H3,(H,19,22)(H,20,24)(H,21,25). The van der Waals surface area contributed by atoms with Crippen molar-refractivity contribution in [3.63, 3.8) is 0 Å². The van der Waals surface area contributed by atoms with Crippen LogP contribution in [0.3, 0.4) is 0 Å². The molecule has 26 heavy (non-hydrogen) atoms. The molecule has 1 fully saturated rings. The van der Waals surface area contributed by atoms with Gasteiger partial charge in [0.1, 0.15) is 17.1 Å². The first-order chi connectivity index (χ1) is 12.6. The van der Waals surface area contributed by atoms with Crippen LogP contribution in [0.5, 0.6) is 0 Å². The van der Waals surface area contributed by atoms with Gasteiger partial charge in [-0.1, -0.05) is 11.2 Å². The molecule has 0 radical (unpaired) electrons. The Kier molecular flexibility index (Phi) is 3.96. The number of nitrogens with zero attached hydrogens (tertiary/aromatic N) is 3. The number of H-pyrrole nitrogens is 1. The van der Waals surface area contributed by atoms with E-state index in [9.17, 15) is 9.59 Å². The van der Waals surface area contributed by atoms with Gasteiger partial charge in [-0.3, -0.25) is 19.7 Å². The Morgan fingerprint density at radius 1 is 1.23 bits per heavy atom. The number of nitrogens with one attached hydrogen (secondary N) is 3. The summed E-state index contributed by atoms with van der Waals surface area (Å²) in [5, 5.41) is 15.7. The zero-order valence-corrected chi connectivity index (χ0v) is 13.9. The van der Waals surface area contributed by atoms with Crippen LogP contribution in [0.15, 0.2) is 35.1 Å². The fourth-order valence-electron chi connectivity index (χ4n) is 2.60. The fraction of sp³-hybridized carbons (Fsp3) is 0.235. The van der Waals surface area contributed by atoms with E-state index in [1.165, 1.54) is 6.20 Å². The zero-order valence-electron chi connectivity index (χ0n) is 13.9. The topological polar surface area (TPSA) is 126 Å². The first kappa shape index (κ1) is 16.0. The molecule has 0 saturated heterocycles. The molecule has 1 aliphatic rings. The van der Waals surface area contributed by atoms with Crippen LogP contribution in [0.4, 0.5) is 11.4 Å². The van der Waals surface area contributed by atoms with Gasteiger partial charge in [0, 0.05) is 12.1 Å². The van der Waals surface area contributed by atoms with Crippen LogP contribution >= 0.6 is 0 Å². The third-order valence-corrected chi connectivity index (χ3v) is 4.09. The van der Waals surface area contributed by atoms with Crippen LogP contribution < -0.4 is 10.6 Å². The van der Waals surface area contributed by atoms with Crippen LogP contribution in [0, 0.1) is 6.92 Å². The number of carbonyl (C=O) groups excluding carboxylic acids is 2. The number of pyridine rings is 1. The summed E-state index contributed by atoms with van der Waals surface area (Å²) in [4.78, 5) is 28.8. The van der Waals surface area contributed by atoms with Crippen molar-refractivity contribution in [2.24, 2.45) is 0 Å². The Hall–Kier alpha value is -3.49. The molecule has 3 N–H and O–H groups in total. The summed E-state index contributed by atoms with van der Waals surface area (Å²) >= 11 is 0. The van der Waals surface area contributed by atoms with Crippen LogP contribution in [0.2, 0.25) is 0 Å². The lowest BCUT2D eigenvalue weighted by molar-refractivity contribution is -0.133. The second-order valence-corrected chi connectivity index (χ2v) is 6.06. The van der Waals surface area contributed by atoms with E-state index in [4.69, 9.17) is 4.52 Å². The second-order valence-electron chi connectivity index (χ2n) is 6.06. The molecule has 9 heteroatoms. The summed E-state index contributed by atoms with van der Waals surface area (Å²) in [5.41, 5.74) is 2.52. The average Bonchev–Trinajstić information content (AvgIpc) is 3.29. The Morgan fingerprint density at radius 2 is 2.04 bits per heavy atom. The molecule has 0 aliphatic heterocycles. The number of aromatic amines is 1. The maximum Gasteiger partial charge on any atom is 0.314 e. The number of hydrogen-bond acceptors (Lipinski definition) is 6. The van der Waals surface area contributed by atoms with Crippen LogP contribution in [0.1, 0.15) is 30.2 Å². The molecule has 0 atom stereocenters. The van der Waals surface area contributed by atoms with Gasteiger partial charge in [-0.15, -0.1) is 0 Å². The maximum absolute atomic E-state index is 12.3. The molecule has 2 amide bonds. The highest BCUT2D eigenvalue weighted by atomic mass is 16.5. The smallest absolute Gasteiger partial charge is 0.314 e. The van der Waals surface area contributed by atoms with Gasteiger partial charge in [0.05, 0.1) is 17.6 Å². The van der Waals surface area contributed by atoms with Crippen molar-refractivity contribution < 1.29 is 14.1 Å². The SMILES string of the molecule is Cc1noc(C2CC2)c1NC(=O)C(=O)Nc1cn[nH]c1-c1ccccn1. The number of amides is 2. The third kappa shape index (κ3) is 3.06. The van der Waals surface area contributed by atoms with Gasteiger partial charge in [-0.2, -0.15) is 5.10 Å². The predicted molar refractivity (Wildman–Crippen MR) is 92.3 cm³/mol. The number of aryl methyl sites for hydroxylation is 1. The Morgan fingerprint density at radius 3 is 2.77 bits per heavy atom. The van der Waals surface area contributed by atoms with Crippen LogP contribution in [0.25, 0.3) is 11.4 Å². The highest BCUT2D eigenvalue weighted by Crippen LogP contribution is 2.44. The number of rotatable bonds is 4. The first-order valence-electron chi connectivity index (χ1n) is 8.16. The van der Waals surface area contributed by atoms with Gasteiger partial charge in [-0.05, 0) is 31.9 Å². The monoisotopic (exact) mass is 352 g/mol. The summed E-state index contributed by atoms with van der Waals surface area (Å²) in [6.07, 6.45) is 5.04. The van der Waals surface area contributed by atoms with Crippen molar-refractivity contribution in [3.05, 3.63) is 42.0 Å². The quantitative estimate of drug-likeness (QED) is 0.618. The van der Waals surface area contributed by atoms with E-state index in [1.54, 1.807) is 25.3 Å². The van der Waals surface area contributed by atoms with Gasteiger partial charge in [0.2, 0.25) is 0 Å². The lowest BCUT2D eigenvalue weighted by atomic mass is 10.2. The number of anilines is 2. The predicted octanol–water partition coefficient (Wildman–Crippen LogP) is 2.22. The van der Waals surface area contributed by atoms with Crippen molar-refractivity contribution in [2.75, 3.05) is 10.6 Å². The molecule has 3 heterocycles. The Balaban J connectivity index is 1.49. The zero-order chi connectivity index (χ0) is 18.1. The normalized spacial score (nSPS) is 13.4. The molecule has 1 aliphatic carbocycles. The molecule has 1 saturated carbocycles. The summed E-state index contributed by atoms with van der Waals surface area (Å²) in [6.45, 7) is 1.72. The van der Waals surface area contributed by atoms with Crippen molar-refractivity contribution in [3.8, 4) is 11.4 Å². The second kappa shape index (κ2) is 6.43. The van der Waals surface area contributed by atoms with E-state index in [1.807, 2.05) is 6.07 Å². The Bertz CT molecular complexity index is 958. The van der Waals surface area contributed by atoms with Crippen molar-refractivity contribution in [2.45, 2.75) is 25.7 Å². The summed E-state index contributed by atoms with van der Waals surface area (Å²) in [7, 11) is 0. The maximum atomic E-state index is 12.3. The van der Waals surface area contributed by atoms with Gasteiger partial charge < -0.3 is 15.2 Å². The molecular weight excluding hydrogens is 336 g/mol. The molecule has 4 rings (SSSR count). The van der Waals surface area contributed by atoms with Gasteiger partial charge in [-0.25, -0.2) is 0 Å². The van der Waals surface area contributed by atoms with E-state index < -0.39 is 11.8 Å². The highest BCUT2D eigenvalue weighted by Gasteiger charge is 2.33. The first-order valence-corrected chi connectivity index (χ1v) is 8.16. The molecular formula is C17H16N6O3. The van der Waals surface area contributed by atoms with E-state index in [0.717, 1.165) is 12.8 Å². The molecule has 0 spiro atoms. The molecule has 0 aromatic carbocycles. The number of aromatic nitrogens is 4. The summed E-state index contributed by atoms with van der Waals surface area (Å²) < 4.78 is 5.26. The molecule has 3 aromatic rings. The van der Waals surface area contributed by atoms with Crippen LogP contribution in [-0.2, 0) is 9.59 Å². The number of carbonyl (C=O) groups is 2. The fourth-order valence-corrected chi connectivity index (χ4v) is 2.60. The largest absolute Gasteiger partial charge is 0.359 e. The van der Waals surface area contributed by atoms with Gasteiger partial charge in [0.25, 0.3) is 0 Å². The van der Waals surface area contributed by atoms with E-state index in [0.29, 0.717) is 34.2 Å². The van der Waals surface area contributed by atoms with Crippen molar-refractivity contribution in [1.82, 2.24) is 20.3 Å². The van der Waals surface area contributed by atoms with E-state index in [-0.39, 0.29) is 5.92 Å². The lowest BCUT2D eigenvalue weighted by Crippen LogP contribution is -2.29. The number of hydrogen-bond donors (Lipinski definition) is 3. The lowest BCUT2D eigenvalue weighted by Gasteiger charge is -2.07. The summed E-state index contributed by atoms with van der Waals surface area (Å²) in [6, 6.07) is 5.37. The minimum atomic E-state index is -0.814. The van der Waals surface area contributed by atoms with E-state index >= 15 is 0 Å². The molecule has 132 valence electrons. The minimum absolute atomic E-state index is 0.263. The van der Waals surface area contributed by atoms with Crippen LogP contribution in [-0.4, -0.2) is 32.2 Å². The third-order valence-electron chi connectivity index (χ3n) is 4.09. The van der Waals surface area contributed by atoms with Gasteiger partial charge >= 0.3 is 11.8 Å². The molecule has 0 bridgehead atoms.